The Morgan fingerprint density at radius 2 is 1.91 bits per heavy atom. The van der Waals surface area contributed by atoms with Crippen LogP contribution in [0.15, 0.2) is 27.4 Å². The van der Waals surface area contributed by atoms with Gasteiger partial charge in [-0.25, -0.2) is 4.79 Å². The lowest BCUT2D eigenvalue weighted by Gasteiger charge is -2.17. The second-order valence-electron chi connectivity index (χ2n) is 6.05. The summed E-state index contributed by atoms with van der Waals surface area (Å²) in [5, 5.41) is 3.78. The van der Waals surface area contributed by atoms with Crippen LogP contribution in [0.4, 0.5) is 0 Å². The molecule has 0 aliphatic heterocycles. The first-order chi connectivity index (χ1) is 10.9. The molecule has 0 aliphatic carbocycles. The first kappa shape index (κ1) is 17.2. The number of benzene rings is 1. The summed E-state index contributed by atoms with van der Waals surface area (Å²) in [7, 11) is 1.87. The van der Waals surface area contributed by atoms with E-state index >= 15 is 0 Å². The number of hydrogen-bond donors (Lipinski definition) is 1. The zero-order chi connectivity index (χ0) is 17.0. The van der Waals surface area contributed by atoms with Crippen LogP contribution in [0.5, 0.6) is 0 Å². The number of rotatable bonds is 6. The van der Waals surface area contributed by atoms with Gasteiger partial charge in [-0.1, -0.05) is 6.92 Å². The molecule has 5 heteroatoms. The number of carbonyl (C=O) groups is 1. The van der Waals surface area contributed by atoms with E-state index in [2.05, 4.69) is 5.32 Å². The molecule has 2 rings (SSSR count). The number of nitrogens with one attached hydrogen (secondary N) is 1. The Hall–Kier alpha value is -2.14. The molecular weight excluding hydrogens is 292 g/mol. The van der Waals surface area contributed by atoms with E-state index in [-0.39, 0.29) is 11.5 Å². The minimum atomic E-state index is -0.361. The number of carbonyl (C=O) groups excluding carboxylic acids is 1. The molecule has 0 saturated heterocycles. The third-order valence-electron chi connectivity index (χ3n) is 3.87. The van der Waals surface area contributed by atoms with Gasteiger partial charge in [0.25, 0.3) is 0 Å². The van der Waals surface area contributed by atoms with Crippen molar-refractivity contribution in [2.24, 2.45) is 0 Å². The summed E-state index contributed by atoms with van der Waals surface area (Å²) in [6.45, 7) is 7.54. The van der Waals surface area contributed by atoms with Crippen LogP contribution in [0.1, 0.15) is 30.0 Å². The standard InChI is InChI=1S/C18H24N2O3/c1-5-6-19-17(21)11-20(4)10-14-9-18(22)23-16-8-13(3)12(2)7-15(14)16/h7-9H,5-6,10-11H2,1-4H3,(H,19,21). The Labute approximate surface area is 136 Å². The van der Waals surface area contributed by atoms with Gasteiger partial charge in [-0.3, -0.25) is 9.69 Å². The van der Waals surface area contributed by atoms with Gasteiger partial charge in [0.05, 0.1) is 6.54 Å². The minimum Gasteiger partial charge on any atom is -0.423 e. The number of hydrogen-bond acceptors (Lipinski definition) is 4. The average molecular weight is 316 g/mol. The van der Waals surface area contributed by atoms with Gasteiger partial charge >= 0.3 is 5.63 Å². The molecule has 0 aliphatic rings. The van der Waals surface area contributed by atoms with Crippen LogP contribution in [0, 0.1) is 13.8 Å². The maximum Gasteiger partial charge on any atom is 0.336 e. The number of aryl methyl sites for hydroxylation is 2. The topological polar surface area (TPSA) is 62.6 Å². The monoisotopic (exact) mass is 316 g/mol. The Kier molecular flexibility index (Phi) is 5.55. The first-order valence-corrected chi connectivity index (χ1v) is 7.90. The van der Waals surface area contributed by atoms with E-state index in [4.69, 9.17) is 4.42 Å². The van der Waals surface area contributed by atoms with Crippen molar-refractivity contribution in [3.05, 3.63) is 45.3 Å². The smallest absolute Gasteiger partial charge is 0.336 e. The van der Waals surface area contributed by atoms with Crippen LogP contribution < -0.4 is 10.9 Å². The largest absolute Gasteiger partial charge is 0.423 e. The number of fused-ring (bicyclic) bond motifs is 1. The molecule has 0 unspecified atom stereocenters. The molecule has 0 radical (unpaired) electrons. The fourth-order valence-electron chi connectivity index (χ4n) is 2.53. The van der Waals surface area contributed by atoms with Gasteiger partial charge < -0.3 is 9.73 Å². The van der Waals surface area contributed by atoms with Gasteiger partial charge in [0, 0.05) is 24.5 Å². The molecule has 124 valence electrons. The van der Waals surface area contributed by atoms with Gasteiger partial charge in [-0.05, 0) is 56.1 Å². The molecule has 1 aromatic heterocycles. The molecule has 1 amide bonds. The third kappa shape index (κ3) is 4.42. The van der Waals surface area contributed by atoms with Crippen LogP contribution >= 0.6 is 0 Å². The first-order valence-electron chi connectivity index (χ1n) is 7.90. The molecule has 0 bridgehead atoms. The second-order valence-corrected chi connectivity index (χ2v) is 6.05. The zero-order valence-corrected chi connectivity index (χ0v) is 14.2. The lowest BCUT2D eigenvalue weighted by atomic mass is 10.0. The fourth-order valence-corrected chi connectivity index (χ4v) is 2.53. The van der Waals surface area contributed by atoms with Crippen molar-refractivity contribution in [2.75, 3.05) is 20.1 Å². The van der Waals surface area contributed by atoms with Crippen molar-refractivity contribution < 1.29 is 9.21 Å². The highest BCUT2D eigenvalue weighted by Gasteiger charge is 2.12. The molecular formula is C18H24N2O3. The van der Waals surface area contributed by atoms with Gasteiger partial charge in [-0.15, -0.1) is 0 Å². The Balaban J connectivity index is 2.24. The van der Waals surface area contributed by atoms with E-state index < -0.39 is 0 Å². The number of likely N-dealkylation sites (N-methyl/N-ethyl adjacent to an activating group) is 1. The van der Waals surface area contributed by atoms with Crippen molar-refractivity contribution in [1.82, 2.24) is 10.2 Å². The zero-order valence-electron chi connectivity index (χ0n) is 14.2. The highest BCUT2D eigenvalue weighted by molar-refractivity contribution is 5.82. The quantitative estimate of drug-likeness (QED) is 0.831. The van der Waals surface area contributed by atoms with Gasteiger partial charge in [0.15, 0.2) is 0 Å². The van der Waals surface area contributed by atoms with E-state index in [1.54, 1.807) is 0 Å². The Morgan fingerprint density at radius 1 is 1.22 bits per heavy atom. The molecule has 1 heterocycles. The van der Waals surface area contributed by atoms with Crippen LogP contribution in [-0.2, 0) is 11.3 Å². The molecule has 5 nitrogen and oxygen atoms in total. The summed E-state index contributed by atoms with van der Waals surface area (Å²) < 4.78 is 5.30. The van der Waals surface area contributed by atoms with Crippen molar-refractivity contribution in [2.45, 2.75) is 33.7 Å². The van der Waals surface area contributed by atoms with Crippen molar-refractivity contribution >= 4 is 16.9 Å². The lowest BCUT2D eigenvalue weighted by molar-refractivity contribution is -0.122. The van der Waals surface area contributed by atoms with Crippen LogP contribution in [-0.4, -0.2) is 30.9 Å². The van der Waals surface area contributed by atoms with E-state index in [1.165, 1.54) is 6.07 Å². The molecule has 1 aromatic carbocycles. The molecule has 0 fully saturated rings. The van der Waals surface area contributed by atoms with Crippen LogP contribution in [0.2, 0.25) is 0 Å². The molecule has 0 atom stereocenters. The predicted octanol–water partition coefficient (Wildman–Crippen LogP) is 2.37. The highest BCUT2D eigenvalue weighted by Crippen LogP contribution is 2.22. The van der Waals surface area contributed by atoms with E-state index in [0.717, 1.165) is 28.5 Å². The average Bonchev–Trinajstić information content (AvgIpc) is 2.47. The molecule has 2 aromatic rings. The van der Waals surface area contributed by atoms with E-state index in [1.807, 2.05) is 44.9 Å². The summed E-state index contributed by atoms with van der Waals surface area (Å²) in [6, 6.07) is 5.44. The van der Waals surface area contributed by atoms with Crippen LogP contribution in [0.25, 0.3) is 11.0 Å². The highest BCUT2D eigenvalue weighted by atomic mass is 16.4. The van der Waals surface area contributed by atoms with Crippen LogP contribution in [0.3, 0.4) is 0 Å². The van der Waals surface area contributed by atoms with E-state index in [9.17, 15) is 9.59 Å². The van der Waals surface area contributed by atoms with Gasteiger partial charge in [-0.2, -0.15) is 0 Å². The number of nitrogens with zero attached hydrogens (tertiary/aromatic N) is 1. The summed E-state index contributed by atoms with van der Waals surface area (Å²) in [5.41, 5.74) is 3.35. The maximum absolute atomic E-state index is 11.8. The van der Waals surface area contributed by atoms with Crippen molar-refractivity contribution in [1.29, 1.82) is 0 Å². The number of amides is 1. The van der Waals surface area contributed by atoms with Gasteiger partial charge in [0.2, 0.25) is 5.91 Å². The van der Waals surface area contributed by atoms with Crippen molar-refractivity contribution in [3.8, 4) is 0 Å². The normalized spacial score (nSPS) is 11.2. The Morgan fingerprint density at radius 3 is 2.61 bits per heavy atom. The summed E-state index contributed by atoms with van der Waals surface area (Å²) in [5.74, 6) is -0.00588. The molecule has 0 saturated carbocycles. The maximum atomic E-state index is 11.8. The summed E-state index contributed by atoms with van der Waals surface area (Å²) in [4.78, 5) is 25.5. The molecule has 23 heavy (non-hydrogen) atoms. The van der Waals surface area contributed by atoms with Crippen molar-refractivity contribution in [3.63, 3.8) is 0 Å². The second kappa shape index (κ2) is 7.42. The molecule has 1 N–H and O–H groups in total. The predicted molar refractivity (Wildman–Crippen MR) is 91.6 cm³/mol. The minimum absolute atomic E-state index is 0.00588. The lowest BCUT2D eigenvalue weighted by Crippen LogP contribution is -2.35. The fraction of sp³-hybridized carbons (Fsp3) is 0.444. The van der Waals surface area contributed by atoms with Gasteiger partial charge in [0.1, 0.15) is 5.58 Å². The third-order valence-corrected chi connectivity index (χ3v) is 3.87. The molecule has 0 spiro atoms. The van der Waals surface area contributed by atoms with E-state index in [0.29, 0.717) is 25.2 Å². The summed E-state index contributed by atoms with van der Waals surface area (Å²) >= 11 is 0. The summed E-state index contributed by atoms with van der Waals surface area (Å²) in [6.07, 6.45) is 0.915. The Bertz CT molecular complexity index is 765. The SMILES string of the molecule is CCCNC(=O)CN(C)Cc1cc(=O)oc2cc(C)c(C)cc12.